The van der Waals surface area contributed by atoms with Crippen LogP contribution in [0.1, 0.15) is 104 Å². The second kappa shape index (κ2) is 12.6. The lowest BCUT2D eigenvalue weighted by Gasteiger charge is -2.31. The summed E-state index contributed by atoms with van der Waals surface area (Å²) in [4.78, 5) is 0. The Morgan fingerprint density at radius 3 is 1.82 bits per heavy atom. The molecule has 0 aromatic heterocycles. The third-order valence-corrected chi connectivity index (χ3v) is 10.3. The van der Waals surface area contributed by atoms with Gasteiger partial charge in [-0.25, -0.2) is 0 Å². The zero-order chi connectivity index (χ0) is 16.1. The molecular formula is C20H42OSi. The Kier molecular flexibility index (Phi) is 11.6. The second-order valence-corrected chi connectivity index (χ2v) is 11.8. The lowest BCUT2D eigenvalue weighted by Crippen LogP contribution is -2.38. The van der Waals surface area contributed by atoms with Crippen LogP contribution in [0.5, 0.6) is 0 Å². The van der Waals surface area contributed by atoms with Crippen LogP contribution in [0.4, 0.5) is 0 Å². The Hall–Kier alpha value is 0.177. The van der Waals surface area contributed by atoms with E-state index in [2.05, 4.69) is 20.8 Å². The fraction of sp³-hybridized carbons (Fsp3) is 1.00. The Balaban J connectivity index is 2.04. The molecule has 22 heavy (non-hydrogen) atoms. The van der Waals surface area contributed by atoms with Crippen molar-refractivity contribution in [1.82, 2.24) is 0 Å². The van der Waals surface area contributed by atoms with E-state index in [0.29, 0.717) is 6.10 Å². The van der Waals surface area contributed by atoms with Crippen molar-refractivity contribution in [2.24, 2.45) is 0 Å². The Morgan fingerprint density at radius 1 is 0.773 bits per heavy atom. The molecule has 1 aliphatic heterocycles. The monoisotopic (exact) mass is 326 g/mol. The van der Waals surface area contributed by atoms with Gasteiger partial charge in [0.15, 0.2) is 8.32 Å². The van der Waals surface area contributed by atoms with E-state index in [1.807, 2.05) is 0 Å². The van der Waals surface area contributed by atoms with Crippen LogP contribution in [-0.4, -0.2) is 14.4 Å². The van der Waals surface area contributed by atoms with E-state index in [1.165, 1.54) is 102 Å². The summed E-state index contributed by atoms with van der Waals surface area (Å²) < 4.78 is 6.71. The van der Waals surface area contributed by atoms with Gasteiger partial charge in [0.1, 0.15) is 0 Å². The zero-order valence-electron chi connectivity index (χ0n) is 15.8. The summed E-state index contributed by atoms with van der Waals surface area (Å²) in [6, 6.07) is 4.23. The molecule has 0 saturated carbocycles. The van der Waals surface area contributed by atoms with E-state index in [-0.39, 0.29) is 0 Å². The van der Waals surface area contributed by atoms with Crippen LogP contribution < -0.4 is 0 Å². The first-order valence-corrected chi connectivity index (χ1v) is 13.0. The largest absolute Gasteiger partial charge is 0.414 e. The maximum Gasteiger partial charge on any atom is 0.192 e. The topological polar surface area (TPSA) is 9.23 Å². The Morgan fingerprint density at radius 2 is 1.32 bits per heavy atom. The van der Waals surface area contributed by atoms with Gasteiger partial charge in [-0.05, 0) is 31.0 Å². The first-order chi connectivity index (χ1) is 10.8. The highest BCUT2D eigenvalue weighted by molar-refractivity contribution is 6.74. The molecule has 0 amide bonds. The number of hydrogen-bond donors (Lipinski definition) is 0. The molecule has 0 aromatic carbocycles. The first-order valence-electron chi connectivity index (χ1n) is 10.4. The van der Waals surface area contributed by atoms with E-state index in [4.69, 9.17) is 4.43 Å². The van der Waals surface area contributed by atoms with Gasteiger partial charge in [0.05, 0.1) is 0 Å². The highest BCUT2D eigenvalue weighted by Gasteiger charge is 2.38. The van der Waals surface area contributed by atoms with Gasteiger partial charge in [-0.15, -0.1) is 0 Å². The van der Waals surface area contributed by atoms with Crippen molar-refractivity contribution < 1.29 is 4.43 Å². The molecule has 1 nitrogen and oxygen atoms in total. The van der Waals surface area contributed by atoms with Gasteiger partial charge < -0.3 is 4.43 Å². The standard InChI is InChI=1S/C20H42OSi/c1-4-7-8-9-10-11-12-13-14-17-20(5-2)21-22(6-3)18-15-16-19-22/h20H,4-19H2,1-3H3. The summed E-state index contributed by atoms with van der Waals surface area (Å²) in [5.74, 6) is 0. The molecule has 0 aliphatic carbocycles. The van der Waals surface area contributed by atoms with Crippen LogP contribution in [0.2, 0.25) is 18.1 Å². The fourth-order valence-corrected chi connectivity index (χ4v) is 8.10. The minimum Gasteiger partial charge on any atom is -0.414 e. The predicted octanol–water partition coefficient (Wildman–Crippen LogP) is 7.46. The van der Waals surface area contributed by atoms with Crippen molar-refractivity contribution >= 4 is 8.32 Å². The van der Waals surface area contributed by atoms with Gasteiger partial charge in [0.2, 0.25) is 0 Å². The van der Waals surface area contributed by atoms with Crippen molar-refractivity contribution in [2.45, 2.75) is 128 Å². The highest BCUT2D eigenvalue weighted by Crippen LogP contribution is 2.36. The average molecular weight is 327 g/mol. The molecule has 2 heteroatoms. The zero-order valence-corrected chi connectivity index (χ0v) is 16.8. The van der Waals surface area contributed by atoms with E-state index in [9.17, 15) is 0 Å². The average Bonchev–Trinajstić information content (AvgIpc) is 3.01. The summed E-state index contributed by atoms with van der Waals surface area (Å²) in [5, 5.41) is 0. The molecule has 1 fully saturated rings. The van der Waals surface area contributed by atoms with E-state index in [1.54, 1.807) is 0 Å². The van der Waals surface area contributed by atoms with Gasteiger partial charge in [0, 0.05) is 6.10 Å². The van der Waals surface area contributed by atoms with Gasteiger partial charge in [-0.3, -0.25) is 0 Å². The van der Waals surface area contributed by atoms with Crippen molar-refractivity contribution in [2.75, 3.05) is 0 Å². The third kappa shape index (κ3) is 8.15. The fourth-order valence-electron chi connectivity index (χ4n) is 3.96. The maximum absolute atomic E-state index is 6.71. The molecule has 0 radical (unpaired) electrons. The van der Waals surface area contributed by atoms with Gasteiger partial charge >= 0.3 is 0 Å². The number of hydrogen-bond acceptors (Lipinski definition) is 1. The van der Waals surface area contributed by atoms with Gasteiger partial charge in [0.25, 0.3) is 0 Å². The molecule has 0 spiro atoms. The molecule has 1 heterocycles. The normalized spacial score (nSPS) is 18.7. The predicted molar refractivity (Wildman–Crippen MR) is 102 cm³/mol. The van der Waals surface area contributed by atoms with Crippen LogP contribution in [0.25, 0.3) is 0 Å². The number of rotatable bonds is 14. The highest BCUT2D eigenvalue weighted by atomic mass is 28.4. The van der Waals surface area contributed by atoms with Crippen molar-refractivity contribution in [3.8, 4) is 0 Å². The van der Waals surface area contributed by atoms with Crippen molar-refractivity contribution in [3.05, 3.63) is 0 Å². The molecule has 132 valence electrons. The van der Waals surface area contributed by atoms with Crippen molar-refractivity contribution in [1.29, 1.82) is 0 Å². The molecule has 1 saturated heterocycles. The molecule has 0 aromatic rings. The lowest BCUT2D eigenvalue weighted by molar-refractivity contribution is 0.169. The molecule has 1 unspecified atom stereocenters. The smallest absolute Gasteiger partial charge is 0.192 e. The van der Waals surface area contributed by atoms with E-state index in [0.717, 1.165) is 0 Å². The molecule has 1 atom stereocenters. The van der Waals surface area contributed by atoms with Crippen LogP contribution >= 0.6 is 0 Å². The molecule has 0 bridgehead atoms. The summed E-state index contributed by atoms with van der Waals surface area (Å²) in [7, 11) is -1.28. The van der Waals surface area contributed by atoms with Crippen LogP contribution in [0.15, 0.2) is 0 Å². The molecule has 1 rings (SSSR count). The summed E-state index contributed by atoms with van der Waals surface area (Å²) in [6.45, 7) is 7.00. The van der Waals surface area contributed by atoms with Gasteiger partial charge in [-0.2, -0.15) is 0 Å². The Labute approximate surface area is 141 Å². The quantitative estimate of drug-likeness (QED) is 0.238. The van der Waals surface area contributed by atoms with E-state index >= 15 is 0 Å². The minimum absolute atomic E-state index is 0.578. The minimum atomic E-state index is -1.28. The van der Waals surface area contributed by atoms with Crippen LogP contribution in [-0.2, 0) is 4.43 Å². The summed E-state index contributed by atoms with van der Waals surface area (Å²) in [5.41, 5.74) is 0. The maximum atomic E-state index is 6.71. The lowest BCUT2D eigenvalue weighted by atomic mass is 10.0. The molecule has 0 N–H and O–H groups in total. The van der Waals surface area contributed by atoms with Gasteiger partial charge in [-0.1, -0.05) is 91.4 Å². The second-order valence-electron chi connectivity index (χ2n) is 7.51. The molecule has 1 aliphatic rings. The van der Waals surface area contributed by atoms with E-state index < -0.39 is 8.32 Å². The van der Waals surface area contributed by atoms with Crippen LogP contribution in [0.3, 0.4) is 0 Å². The third-order valence-electron chi connectivity index (χ3n) is 5.66. The first kappa shape index (κ1) is 20.2. The SMILES string of the molecule is CCCCCCCCCCCC(CC)O[Si]1(CC)CCCC1. The van der Waals surface area contributed by atoms with Crippen molar-refractivity contribution in [3.63, 3.8) is 0 Å². The Bertz CT molecular complexity index is 248. The summed E-state index contributed by atoms with van der Waals surface area (Å²) >= 11 is 0. The number of unbranched alkanes of at least 4 members (excludes halogenated alkanes) is 8. The van der Waals surface area contributed by atoms with Crippen LogP contribution in [0, 0.1) is 0 Å². The summed E-state index contributed by atoms with van der Waals surface area (Å²) in [6.07, 6.45) is 18.9. The molecular weight excluding hydrogens is 284 g/mol.